The van der Waals surface area contributed by atoms with Crippen LogP contribution in [0.3, 0.4) is 0 Å². The van der Waals surface area contributed by atoms with Gasteiger partial charge in [0.05, 0.1) is 12.7 Å². The summed E-state index contributed by atoms with van der Waals surface area (Å²) in [6.45, 7) is 3.88. The predicted molar refractivity (Wildman–Crippen MR) is 80.9 cm³/mol. The van der Waals surface area contributed by atoms with Gasteiger partial charge in [-0.05, 0) is 43.4 Å². The highest BCUT2D eigenvalue weighted by molar-refractivity contribution is 5.97. The predicted octanol–water partition coefficient (Wildman–Crippen LogP) is 2.93. The Labute approximate surface area is 120 Å². The third kappa shape index (κ3) is 3.24. The summed E-state index contributed by atoms with van der Waals surface area (Å²) < 4.78 is 5.28. The molecule has 20 heavy (non-hydrogen) atoms. The first-order valence-corrected chi connectivity index (χ1v) is 7.38. The third-order valence-corrected chi connectivity index (χ3v) is 4.17. The Balaban J connectivity index is 2.16. The van der Waals surface area contributed by atoms with Gasteiger partial charge >= 0.3 is 0 Å². The van der Waals surface area contributed by atoms with Gasteiger partial charge in [-0.2, -0.15) is 0 Å². The number of nitrogens with zero attached hydrogens (tertiary/aromatic N) is 1. The number of hydrogen-bond donors (Lipinski definition) is 1. The highest BCUT2D eigenvalue weighted by atomic mass is 16.5. The van der Waals surface area contributed by atoms with Crippen LogP contribution in [-0.2, 0) is 0 Å². The monoisotopic (exact) mass is 276 g/mol. The molecule has 4 heteroatoms. The number of likely N-dealkylation sites (tertiary alicyclic amines) is 1. The van der Waals surface area contributed by atoms with Crippen molar-refractivity contribution in [3.05, 3.63) is 23.8 Å². The van der Waals surface area contributed by atoms with Crippen LogP contribution in [0.5, 0.6) is 5.75 Å². The minimum Gasteiger partial charge on any atom is -0.496 e. The first-order chi connectivity index (χ1) is 9.65. The van der Waals surface area contributed by atoms with Gasteiger partial charge in [0, 0.05) is 18.8 Å². The number of hydrogen-bond acceptors (Lipinski definition) is 3. The summed E-state index contributed by atoms with van der Waals surface area (Å²) in [4.78, 5) is 14.6. The molecule has 0 radical (unpaired) electrons. The van der Waals surface area contributed by atoms with Crippen molar-refractivity contribution in [1.82, 2.24) is 4.90 Å². The molecule has 1 heterocycles. The zero-order valence-electron chi connectivity index (χ0n) is 12.4. The Morgan fingerprint density at radius 3 is 2.90 bits per heavy atom. The fourth-order valence-electron chi connectivity index (χ4n) is 2.84. The van der Waals surface area contributed by atoms with Gasteiger partial charge < -0.3 is 15.4 Å². The smallest absolute Gasteiger partial charge is 0.257 e. The molecule has 1 atom stereocenters. The lowest BCUT2D eigenvalue weighted by molar-refractivity contribution is 0.0756. The second-order valence-electron chi connectivity index (χ2n) is 5.46. The van der Waals surface area contributed by atoms with Gasteiger partial charge in [-0.15, -0.1) is 0 Å². The van der Waals surface area contributed by atoms with Crippen molar-refractivity contribution >= 4 is 11.6 Å². The van der Waals surface area contributed by atoms with Gasteiger partial charge in [0.2, 0.25) is 0 Å². The summed E-state index contributed by atoms with van der Waals surface area (Å²) in [7, 11) is 1.58. The largest absolute Gasteiger partial charge is 0.496 e. The molecule has 0 aromatic heterocycles. The van der Waals surface area contributed by atoms with Gasteiger partial charge in [-0.25, -0.2) is 0 Å². The van der Waals surface area contributed by atoms with Gasteiger partial charge in [0.15, 0.2) is 0 Å². The van der Waals surface area contributed by atoms with E-state index in [0.29, 0.717) is 17.0 Å². The summed E-state index contributed by atoms with van der Waals surface area (Å²) in [5.41, 5.74) is 6.96. The van der Waals surface area contributed by atoms with Crippen LogP contribution in [-0.4, -0.2) is 31.0 Å². The molecule has 0 saturated carbocycles. The van der Waals surface area contributed by atoms with E-state index in [4.69, 9.17) is 10.5 Å². The van der Waals surface area contributed by atoms with E-state index in [1.165, 1.54) is 12.8 Å². The van der Waals surface area contributed by atoms with E-state index < -0.39 is 0 Å². The number of carbonyl (C=O) groups excluding carboxylic acids is 1. The summed E-state index contributed by atoms with van der Waals surface area (Å²) in [6, 6.07) is 5.23. The van der Waals surface area contributed by atoms with Crippen LogP contribution in [0.1, 0.15) is 43.0 Å². The topological polar surface area (TPSA) is 55.6 Å². The number of methoxy groups -OCH3 is 1. The fourth-order valence-corrected chi connectivity index (χ4v) is 2.84. The summed E-state index contributed by atoms with van der Waals surface area (Å²) in [5, 5.41) is 0. The molecule has 1 aliphatic heterocycles. The van der Waals surface area contributed by atoms with Crippen molar-refractivity contribution in [1.29, 1.82) is 0 Å². The standard InChI is InChI=1S/C16H24N2O2/c1-3-12-5-4-9-18(10-8-12)16(19)14-11-13(17)6-7-15(14)20-2/h6-7,11-12H,3-5,8-10,17H2,1-2H3. The maximum absolute atomic E-state index is 12.7. The molecular formula is C16H24N2O2. The first kappa shape index (κ1) is 14.7. The molecule has 1 aromatic rings. The molecule has 2 rings (SSSR count). The van der Waals surface area contributed by atoms with E-state index in [9.17, 15) is 4.79 Å². The highest BCUT2D eigenvalue weighted by Crippen LogP contribution is 2.26. The second-order valence-corrected chi connectivity index (χ2v) is 5.46. The maximum Gasteiger partial charge on any atom is 0.257 e. The average molecular weight is 276 g/mol. The van der Waals surface area contributed by atoms with Crippen LogP contribution < -0.4 is 10.5 Å². The Morgan fingerprint density at radius 2 is 2.20 bits per heavy atom. The molecule has 0 spiro atoms. The fraction of sp³-hybridized carbons (Fsp3) is 0.562. The van der Waals surface area contributed by atoms with E-state index in [0.717, 1.165) is 31.8 Å². The van der Waals surface area contributed by atoms with E-state index in [-0.39, 0.29) is 5.91 Å². The van der Waals surface area contributed by atoms with Crippen LogP contribution in [0.2, 0.25) is 0 Å². The molecule has 1 saturated heterocycles. The number of anilines is 1. The molecule has 1 unspecified atom stereocenters. The van der Waals surface area contributed by atoms with Crippen LogP contribution >= 0.6 is 0 Å². The SMILES string of the molecule is CCC1CCCN(C(=O)c2cc(N)ccc2OC)CC1. The van der Waals surface area contributed by atoms with E-state index >= 15 is 0 Å². The molecule has 1 fully saturated rings. The maximum atomic E-state index is 12.7. The van der Waals surface area contributed by atoms with E-state index in [1.54, 1.807) is 25.3 Å². The number of nitrogens with two attached hydrogens (primary N) is 1. The molecule has 0 bridgehead atoms. The number of ether oxygens (including phenoxy) is 1. The molecule has 4 nitrogen and oxygen atoms in total. The molecular weight excluding hydrogens is 252 g/mol. The normalized spacial score (nSPS) is 19.5. The third-order valence-electron chi connectivity index (χ3n) is 4.17. The van der Waals surface area contributed by atoms with Crippen molar-refractivity contribution in [3.8, 4) is 5.75 Å². The van der Waals surface area contributed by atoms with Crippen molar-refractivity contribution in [2.45, 2.75) is 32.6 Å². The van der Waals surface area contributed by atoms with Gasteiger partial charge in [0.25, 0.3) is 5.91 Å². The number of benzene rings is 1. The zero-order valence-corrected chi connectivity index (χ0v) is 12.4. The Hall–Kier alpha value is -1.71. The second kappa shape index (κ2) is 6.64. The van der Waals surface area contributed by atoms with Crippen molar-refractivity contribution < 1.29 is 9.53 Å². The molecule has 2 N–H and O–H groups in total. The molecule has 0 aliphatic carbocycles. The number of nitrogen functional groups attached to an aromatic ring is 1. The van der Waals surface area contributed by atoms with Crippen molar-refractivity contribution in [2.24, 2.45) is 5.92 Å². The highest BCUT2D eigenvalue weighted by Gasteiger charge is 2.23. The van der Waals surface area contributed by atoms with Crippen LogP contribution in [0.4, 0.5) is 5.69 Å². The Morgan fingerprint density at radius 1 is 1.40 bits per heavy atom. The van der Waals surface area contributed by atoms with Crippen LogP contribution in [0, 0.1) is 5.92 Å². The molecule has 1 aromatic carbocycles. The molecule has 1 aliphatic rings. The van der Waals surface area contributed by atoms with Gasteiger partial charge in [0.1, 0.15) is 5.75 Å². The van der Waals surface area contributed by atoms with Crippen molar-refractivity contribution in [3.63, 3.8) is 0 Å². The number of carbonyl (C=O) groups is 1. The van der Waals surface area contributed by atoms with Crippen LogP contribution in [0.25, 0.3) is 0 Å². The van der Waals surface area contributed by atoms with Gasteiger partial charge in [-0.1, -0.05) is 13.3 Å². The van der Waals surface area contributed by atoms with Gasteiger partial charge in [-0.3, -0.25) is 4.79 Å². The summed E-state index contributed by atoms with van der Waals surface area (Å²) >= 11 is 0. The van der Waals surface area contributed by atoms with Crippen LogP contribution in [0.15, 0.2) is 18.2 Å². The van der Waals surface area contributed by atoms with E-state index in [1.807, 2.05) is 4.90 Å². The Kier molecular flexibility index (Phi) is 4.88. The number of rotatable bonds is 3. The minimum absolute atomic E-state index is 0.0332. The first-order valence-electron chi connectivity index (χ1n) is 7.38. The lowest BCUT2D eigenvalue weighted by Gasteiger charge is -2.22. The average Bonchev–Trinajstić information content (AvgIpc) is 2.71. The number of amides is 1. The molecule has 1 amide bonds. The summed E-state index contributed by atoms with van der Waals surface area (Å²) in [5.74, 6) is 1.38. The quantitative estimate of drug-likeness (QED) is 0.864. The lowest BCUT2D eigenvalue weighted by Crippen LogP contribution is -2.32. The lowest BCUT2D eigenvalue weighted by atomic mass is 9.98. The molecule has 110 valence electrons. The minimum atomic E-state index is 0.0332. The summed E-state index contributed by atoms with van der Waals surface area (Å²) in [6.07, 6.45) is 4.58. The van der Waals surface area contributed by atoms with Crippen molar-refractivity contribution in [2.75, 3.05) is 25.9 Å². The Bertz CT molecular complexity index is 474. The van der Waals surface area contributed by atoms with E-state index in [2.05, 4.69) is 6.92 Å². The zero-order chi connectivity index (χ0) is 14.5.